The molecule has 1 unspecified atom stereocenters. The predicted molar refractivity (Wildman–Crippen MR) is 130 cm³/mol. The van der Waals surface area contributed by atoms with Crippen molar-refractivity contribution in [2.24, 2.45) is 0 Å². The van der Waals surface area contributed by atoms with Crippen LogP contribution in [-0.2, 0) is 4.74 Å². The normalized spacial score (nSPS) is 16.2. The van der Waals surface area contributed by atoms with Crippen molar-refractivity contribution >= 4 is 0 Å². The SMILES string of the molecule is OC(CCN1CCN(CCOC(c2ccccc2)c2ccccc2)CC1)c1cccc(F)c1. The highest BCUT2D eigenvalue weighted by Crippen LogP contribution is 2.25. The van der Waals surface area contributed by atoms with Crippen LogP contribution in [0.25, 0.3) is 0 Å². The molecule has 1 heterocycles. The topological polar surface area (TPSA) is 35.9 Å². The van der Waals surface area contributed by atoms with Gasteiger partial charge in [-0.15, -0.1) is 0 Å². The molecule has 0 aromatic heterocycles. The summed E-state index contributed by atoms with van der Waals surface area (Å²) in [5, 5.41) is 10.4. The lowest BCUT2D eigenvalue weighted by atomic mass is 10.0. The summed E-state index contributed by atoms with van der Waals surface area (Å²) in [5.41, 5.74) is 2.99. The van der Waals surface area contributed by atoms with Gasteiger partial charge in [0.2, 0.25) is 0 Å². The van der Waals surface area contributed by atoms with Crippen LogP contribution in [0.15, 0.2) is 84.9 Å². The number of ether oxygens (including phenoxy) is 1. The van der Waals surface area contributed by atoms with Crippen LogP contribution in [0.3, 0.4) is 0 Å². The Morgan fingerprint density at radius 2 is 1.27 bits per heavy atom. The van der Waals surface area contributed by atoms with Gasteiger partial charge < -0.3 is 14.7 Å². The molecule has 0 bridgehead atoms. The highest BCUT2D eigenvalue weighted by molar-refractivity contribution is 5.29. The smallest absolute Gasteiger partial charge is 0.123 e. The molecule has 5 heteroatoms. The van der Waals surface area contributed by atoms with Crippen molar-refractivity contribution in [3.05, 3.63) is 107 Å². The van der Waals surface area contributed by atoms with E-state index in [0.717, 1.165) is 39.3 Å². The zero-order valence-corrected chi connectivity index (χ0v) is 19.0. The number of hydrogen-bond acceptors (Lipinski definition) is 4. The highest BCUT2D eigenvalue weighted by Gasteiger charge is 2.19. The molecule has 0 aliphatic carbocycles. The van der Waals surface area contributed by atoms with Gasteiger partial charge >= 0.3 is 0 Å². The summed E-state index contributed by atoms with van der Waals surface area (Å²) in [4.78, 5) is 4.81. The van der Waals surface area contributed by atoms with Crippen molar-refractivity contribution in [3.63, 3.8) is 0 Å². The van der Waals surface area contributed by atoms with Gasteiger partial charge in [-0.05, 0) is 35.2 Å². The van der Waals surface area contributed by atoms with E-state index in [4.69, 9.17) is 4.74 Å². The first kappa shape index (κ1) is 23.6. The van der Waals surface area contributed by atoms with Gasteiger partial charge in [-0.2, -0.15) is 0 Å². The lowest BCUT2D eigenvalue weighted by Gasteiger charge is -2.35. The van der Waals surface area contributed by atoms with Crippen molar-refractivity contribution in [1.29, 1.82) is 0 Å². The summed E-state index contributed by atoms with van der Waals surface area (Å²) < 4.78 is 19.7. The number of nitrogens with zero attached hydrogens (tertiary/aromatic N) is 2. The van der Waals surface area contributed by atoms with E-state index >= 15 is 0 Å². The van der Waals surface area contributed by atoms with Crippen LogP contribution in [0, 0.1) is 5.82 Å². The van der Waals surface area contributed by atoms with Crippen molar-refractivity contribution < 1.29 is 14.2 Å². The molecule has 0 radical (unpaired) electrons. The second-order valence-electron chi connectivity index (χ2n) is 8.61. The monoisotopic (exact) mass is 448 g/mol. The Morgan fingerprint density at radius 1 is 0.727 bits per heavy atom. The number of hydrogen-bond donors (Lipinski definition) is 1. The number of rotatable bonds is 10. The van der Waals surface area contributed by atoms with Crippen molar-refractivity contribution in [2.75, 3.05) is 45.9 Å². The van der Waals surface area contributed by atoms with Gasteiger partial charge in [0.25, 0.3) is 0 Å². The fourth-order valence-corrected chi connectivity index (χ4v) is 4.36. The number of halogens is 1. The summed E-state index contributed by atoms with van der Waals surface area (Å²) in [6.07, 6.45) is -0.0689. The molecule has 3 aromatic rings. The first-order valence-corrected chi connectivity index (χ1v) is 11.8. The number of aliphatic hydroxyl groups is 1. The Labute approximate surface area is 196 Å². The lowest BCUT2D eigenvalue weighted by molar-refractivity contribution is 0.0426. The van der Waals surface area contributed by atoms with Gasteiger partial charge in [0.05, 0.1) is 12.7 Å². The molecule has 33 heavy (non-hydrogen) atoms. The van der Waals surface area contributed by atoms with E-state index in [-0.39, 0.29) is 11.9 Å². The van der Waals surface area contributed by atoms with Crippen LogP contribution in [0.4, 0.5) is 4.39 Å². The Hall–Kier alpha value is -2.57. The van der Waals surface area contributed by atoms with Crippen molar-refractivity contribution in [3.8, 4) is 0 Å². The zero-order valence-electron chi connectivity index (χ0n) is 19.0. The first-order chi connectivity index (χ1) is 16.2. The third-order valence-corrected chi connectivity index (χ3v) is 6.31. The van der Waals surface area contributed by atoms with E-state index in [1.807, 2.05) is 12.1 Å². The molecule has 1 atom stereocenters. The molecule has 0 amide bonds. The Balaban J connectivity index is 1.20. The maximum Gasteiger partial charge on any atom is 0.123 e. The van der Waals surface area contributed by atoms with E-state index in [2.05, 4.69) is 58.3 Å². The summed E-state index contributed by atoms with van der Waals surface area (Å²) >= 11 is 0. The summed E-state index contributed by atoms with van der Waals surface area (Å²) in [6, 6.07) is 27.0. The van der Waals surface area contributed by atoms with Gasteiger partial charge in [-0.25, -0.2) is 4.39 Å². The number of benzene rings is 3. The molecule has 1 fully saturated rings. The summed E-state index contributed by atoms with van der Waals surface area (Å²) in [5.74, 6) is -0.302. The average molecular weight is 449 g/mol. The minimum atomic E-state index is -0.625. The maximum atomic E-state index is 13.4. The van der Waals surface area contributed by atoms with Crippen LogP contribution >= 0.6 is 0 Å². The largest absolute Gasteiger partial charge is 0.388 e. The van der Waals surface area contributed by atoms with Gasteiger partial charge in [-0.3, -0.25) is 4.90 Å². The van der Waals surface area contributed by atoms with E-state index in [9.17, 15) is 9.50 Å². The minimum absolute atomic E-state index is 0.0574. The molecule has 1 aliphatic heterocycles. The molecule has 4 rings (SSSR count). The third kappa shape index (κ3) is 6.95. The second-order valence-corrected chi connectivity index (χ2v) is 8.61. The molecule has 1 saturated heterocycles. The zero-order chi connectivity index (χ0) is 22.9. The van der Waals surface area contributed by atoms with E-state index in [1.54, 1.807) is 12.1 Å². The lowest BCUT2D eigenvalue weighted by Crippen LogP contribution is -2.47. The van der Waals surface area contributed by atoms with E-state index in [1.165, 1.54) is 23.3 Å². The highest BCUT2D eigenvalue weighted by atomic mass is 19.1. The fraction of sp³-hybridized carbons (Fsp3) is 0.357. The van der Waals surface area contributed by atoms with Crippen LogP contribution in [0.1, 0.15) is 35.3 Å². The average Bonchev–Trinajstić information content (AvgIpc) is 2.87. The van der Waals surface area contributed by atoms with Gasteiger partial charge in [0.1, 0.15) is 11.9 Å². The standard InChI is InChI=1S/C28H33FN2O2/c29-26-13-7-12-25(22-26)27(32)14-15-30-16-18-31(19-17-30)20-21-33-28(23-8-3-1-4-9-23)24-10-5-2-6-11-24/h1-13,22,27-28,32H,14-21H2. The molecular formula is C28H33FN2O2. The second kappa shape index (κ2) is 12.1. The number of aliphatic hydroxyl groups excluding tert-OH is 1. The minimum Gasteiger partial charge on any atom is -0.388 e. The Morgan fingerprint density at radius 3 is 1.85 bits per heavy atom. The fourth-order valence-electron chi connectivity index (χ4n) is 4.36. The van der Waals surface area contributed by atoms with Gasteiger partial charge in [-0.1, -0.05) is 72.8 Å². The van der Waals surface area contributed by atoms with Gasteiger partial charge in [0, 0.05) is 39.3 Å². The molecule has 3 aromatic carbocycles. The maximum absolute atomic E-state index is 13.4. The first-order valence-electron chi connectivity index (χ1n) is 11.8. The Bertz CT molecular complexity index is 922. The number of piperazine rings is 1. The van der Waals surface area contributed by atoms with E-state index in [0.29, 0.717) is 18.6 Å². The molecule has 0 saturated carbocycles. The molecule has 174 valence electrons. The van der Waals surface area contributed by atoms with Gasteiger partial charge in [0.15, 0.2) is 0 Å². The van der Waals surface area contributed by atoms with Crippen LogP contribution < -0.4 is 0 Å². The molecule has 0 spiro atoms. The van der Waals surface area contributed by atoms with Crippen molar-refractivity contribution in [2.45, 2.75) is 18.6 Å². The van der Waals surface area contributed by atoms with Crippen LogP contribution in [-0.4, -0.2) is 60.8 Å². The van der Waals surface area contributed by atoms with Crippen LogP contribution in [0.5, 0.6) is 0 Å². The summed E-state index contributed by atoms with van der Waals surface area (Å²) in [6.45, 7) is 6.30. The molecular weight excluding hydrogens is 415 g/mol. The quantitative estimate of drug-likeness (QED) is 0.489. The molecule has 1 aliphatic rings. The molecule has 4 nitrogen and oxygen atoms in total. The predicted octanol–water partition coefficient (Wildman–Crippen LogP) is 4.67. The third-order valence-electron chi connectivity index (χ3n) is 6.31. The Kier molecular flexibility index (Phi) is 8.61. The van der Waals surface area contributed by atoms with Crippen LogP contribution in [0.2, 0.25) is 0 Å². The van der Waals surface area contributed by atoms with E-state index < -0.39 is 6.10 Å². The summed E-state index contributed by atoms with van der Waals surface area (Å²) in [7, 11) is 0. The van der Waals surface area contributed by atoms with Crippen molar-refractivity contribution in [1.82, 2.24) is 9.80 Å². The molecule has 1 N–H and O–H groups in total.